The Morgan fingerprint density at radius 3 is 2.43 bits per heavy atom. The first kappa shape index (κ1) is 16.3. The van der Waals surface area contributed by atoms with E-state index in [-0.39, 0.29) is 6.42 Å². The number of halogens is 1. The summed E-state index contributed by atoms with van der Waals surface area (Å²) in [6, 6.07) is 11.1. The minimum Gasteiger partial charge on any atom is -0.505 e. The van der Waals surface area contributed by atoms with E-state index >= 15 is 0 Å². The van der Waals surface area contributed by atoms with Crippen molar-refractivity contribution in [2.75, 3.05) is 5.32 Å². The van der Waals surface area contributed by atoms with Crippen molar-refractivity contribution in [2.45, 2.75) is 12.5 Å². The Balaban J connectivity index is 2.13. The number of para-hydroxylation sites is 1. The van der Waals surface area contributed by atoms with Crippen LogP contribution in [0.3, 0.4) is 0 Å². The molecule has 1 atom stereocenters. The lowest BCUT2D eigenvalue weighted by Gasteiger charge is -2.17. The van der Waals surface area contributed by atoms with Gasteiger partial charge in [-0.15, -0.1) is 0 Å². The van der Waals surface area contributed by atoms with E-state index < -0.39 is 29.6 Å². The molecule has 0 bridgehead atoms. The second kappa shape index (κ2) is 7.26. The van der Waals surface area contributed by atoms with E-state index in [1.54, 1.807) is 30.3 Å². The highest BCUT2D eigenvalue weighted by molar-refractivity contribution is 5.96. The fraction of sp³-hybridized carbons (Fsp3) is 0.125. The van der Waals surface area contributed by atoms with Crippen LogP contribution in [0.5, 0.6) is 5.75 Å². The molecule has 0 fully saturated rings. The average Bonchev–Trinajstić information content (AvgIpc) is 2.51. The van der Waals surface area contributed by atoms with Gasteiger partial charge in [-0.3, -0.25) is 4.79 Å². The third kappa shape index (κ3) is 4.70. The molecule has 4 N–H and O–H groups in total. The lowest BCUT2D eigenvalue weighted by molar-refractivity contribution is -0.118. The van der Waals surface area contributed by atoms with E-state index in [1.165, 1.54) is 6.07 Å². The van der Waals surface area contributed by atoms with Gasteiger partial charge in [0.15, 0.2) is 11.6 Å². The first-order valence-corrected chi connectivity index (χ1v) is 6.78. The summed E-state index contributed by atoms with van der Waals surface area (Å²) in [4.78, 5) is 23.1. The number of hydrogen-bond donors (Lipinski definition) is 4. The lowest BCUT2D eigenvalue weighted by Crippen LogP contribution is -2.44. The van der Waals surface area contributed by atoms with Crippen LogP contribution in [0.25, 0.3) is 0 Å². The molecule has 0 saturated carbocycles. The molecule has 0 aromatic heterocycles. The quantitative estimate of drug-likeness (QED) is 0.680. The largest absolute Gasteiger partial charge is 0.505 e. The molecule has 7 heteroatoms. The summed E-state index contributed by atoms with van der Waals surface area (Å²) in [6.45, 7) is 0. The van der Waals surface area contributed by atoms with Gasteiger partial charge in [-0.25, -0.2) is 9.18 Å². The van der Waals surface area contributed by atoms with Gasteiger partial charge in [0.25, 0.3) is 0 Å². The predicted molar refractivity (Wildman–Crippen MR) is 81.8 cm³/mol. The van der Waals surface area contributed by atoms with Crippen LogP contribution in [-0.4, -0.2) is 28.3 Å². The molecule has 2 rings (SSSR count). The van der Waals surface area contributed by atoms with Crippen molar-refractivity contribution in [3.8, 4) is 5.75 Å². The molecule has 1 unspecified atom stereocenters. The van der Waals surface area contributed by atoms with Crippen molar-refractivity contribution in [3.05, 3.63) is 59.9 Å². The van der Waals surface area contributed by atoms with Crippen molar-refractivity contribution >= 4 is 17.7 Å². The molecular weight excluding hydrogens is 303 g/mol. The van der Waals surface area contributed by atoms with Crippen LogP contribution in [0, 0.1) is 5.82 Å². The Morgan fingerprint density at radius 1 is 1.13 bits per heavy atom. The Kier molecular flexibility index (Phi) is 5.14. The van der Waals surface area contributed by atoms with E-state index in [2.05, 4.69) is 10.6 Å². The number of nitrogens with one attached hydrogen (secondary N) is 2. The molecule has 6 nitrogen and oxygen atoms in total. The van der Waals surface area contributed by atoms with Crippen molar-refractivity contribution in [3.63, 3.8) is 0 Å². The first-order valence-electron chi connectivity index (χ1n) is 6.78. The van der Waals surface area contributed by atoms with E-state index in [4.69, 9.17) is 10.2 Å². The molecule has 0 aliphatic heterocycles. The van der Waals surface area contributed by atoms with Crippen LogP contribution in [0.2, 0.25) is 0 Å². The van der Waals surface area contributed by atoms with Crippen LogP contribution >= 0.6 is 0 Å². The van der Waals surface area contributed by atoms with Gasteiger partial charge in [0, 0.05) is 12.1 Å². The fourth-order valence-electron chi connectivity index (χ4n) is 2.02. The summed E-state index contributed by atoms with van der Waals surface area (Å²) in [7, 11) is 0. The van der Waals surface area contributed by atoms with Crippen LogP contribution < -0.4 is 10.6 Å². The number of hydrogen-bond acceptors (Lipinski definition) is 3. The second-order valence-corrected chi connectivity index (χ2v) is 4.85. The molecule has 0 radical (unpaired) electrons. The number of rotatable bonds is 5. The van der Waals surface area contributed by atoms with Crippen molar-refractivity contribution in [1.29, 1.82) is 0 Å². The summed E-state index contributed by atoms with van der Waals surface area (Å²) in [5.74, 6) is -1.91. The second-order valence-electron chi connectivity index (χ2n) is 4.85. The molecule has 0 saturated heterocycles. The molecule has 2 aromatic rings. The standard InChI is InChI=1S/C16H15FN2O4/c17-12-8-10(6-7-14(12)20)9-13(19-16(22)23)15(21)18-11-4-2-1-3-5-11/h1-8,13,19-20H,9H2,(H,18,21)(H,22,23). The third-order valence-electron chi connectivity index (χ3n) is 3.11. The van der Waals surface area contributed by atoms with Gasteiger partial charge in [0.1, 0.15) is 6.04 Å². The van der Waals surface area contributed by atoms with E-state index in [9.17, 15) is 14.0 Å². The maximum Gasteiger partial charge on any atom is 0.405 e. The summed E-state index contributed by atoms with van der Waals surface area (Å²) < 4.78 is 13.4. The smallest absolute Gasteiger partial charge is 0.405 e. The third-order valence-corrected chi connectivity index (χ3v) is 3.11. The predicted octanol–water partition coefficient (Wildman–Crippen LogP) is 2.35. The highest BCUT2D eigenvalue weighted by atomic mass is 19.1. The molecule has 0 heterocycles. The van der Waals surface area contributed by atoms with Crippen LogP contribution in [0.15, 0.2) is 48.5 Å². The number of amides is 2. The van der Waals surface area contributed by atoms with Crippen molar-refractivity contribution in [1.82, 2.24) is 5.32 Å². The van der Waals surface area contributed by atoms with Crippen LogP contribution in [-0.2, 0) is 11.2 Å². The summed E-state index contributed by atoms with van der Waals surface area (Å²) in [5.41, 5.74) is 0.897. The molecule has 2 amide bonds. The minimum absolute atomic E-state index is 0.0534. The number of phenolic OH excluding ortho intramolecular Hbond substituents is 1. The first-order chi connectivity index (χ1) is 11.0. The number of benzene rings is 2. The number of phenols is 1. The number of aromatic hydroxyl groups is 1. The zero-order valence-electron chi connectivity index (χ0n) is 12.0. The van der Waals surface area contributed by atoms with Gasteiger partial charge in [-0.2, -0.15) is 0 Å². The molecule has 2 aromatic carbocycles. The van der Waals surface area contributed by atoms with Gasteiger partial charge in [0.05, 0.1) is 0 Å². The minimum atomic E-state index is -1.36. The van der Waals surface area contributed by atoms with Crippen LogP contribution in [0.1, 0.15) is 5.56 Å². The Hall–Kier alpha value is -3.09. The average molecular weight is 318 g/mol. The molecule has 0 aliphatic rings. The summed E-state index contributed by atoms with van der Waals surface area (Å²) >= 11 is 0. The molecule has 0 spiro atoms. The SMILES string of the molecule is O=C(O)NC(Cc1ccc(O)c(F)c1)C(=O)Nc1ccccc1. The molecule has 0 aliphatic carbocycles. The normalized spacial score (nSPS) is 11.5. The zero-order valence-corrected chi connectivity index (χ0v) is 12.0. The Bertz CT molecular complexity index is 706. The van der Waals surface area contributed by atoms with E-state index in [0.717, 1.165) is 12.1 Å². The lowest BCUT2D eigenvalue weighted by atomic mass is 10.0. The van der Waals surface area contributed by atoms with Crippen molar-refractivity contribution < 1.29 is 24.2 Å². The van der Waals surface area contributed by atoms with Gasteiger partial charge >= 0.3 is 6.09 Å². The molecule has 120 valence electrons. The van der Waals surface area contributed by atoms with Gasteiger partial charge < -0.3 is 20.8 Å². The number of carbonyl (C=O) groups is 2. The summed E-state index contributed by atoms with van der Waals surface area (Å²) in [5, 5.41) is 22.7. The number of carbonyl (C=O) groups excluding carboxylic acids is 1. The monoisotopic (exact) mass is 318 g/mol. The molecular formula is C16H15FN2O4. The Morgan fingerprint density at radius 2 is 1.83 bits per heavy atom. The highest BCUT2D eigenvalue weighted by Crippen LogP contribution is 2.17. The van der Waals surface area contributed by atoms with E-state index in [1.807, 2.05) is 0 Å². The number of carboxylic acid groups (broad SMARTS) is 1. The zero-order chi connectivity index (χ0) is 16.8. The maximum absolute atomic E-state index is 13.4. The van der Waals surface area contributed by atoms with Crippen molar-refractivity contribution in [2.24, 2.45) is 0 Å². The Labute approximate surface area is 131 Å². The van der Waals surface area contributed by atoms with E-state index in [0.29, 0.717) is 11.3 Å². The number of anilines is 1. The van der Waals surface area contributed by atoms with Gasteiger partial charge in [0.2, 0.25) is 5.91 Å². The van der Waals surface area contributed by atoms with Gasteiger partial charge in [-0.05, 0) is 29.8 Å². The highest BCUT2D eigenvalue weighted by Gasteiger charge is 2.21. The topological polar surface area (TPSA) is 98.7 Å². The van der Waals surface area contributed by atoms with Gasteiger partial charge in [-0.1, -0.05) is 24.3 Å². The fourth-order valence-corrected chi connectivity index (χ4v) is 2.02. The maximum atomic E-state index is 13.4. The molecule has 23 heavy (non-hydrogen) atoms. The van der Waals surface area contributed by atoms with Crippen LogP contribution in [0.4, 0.5) is 14.9 Å². The summed E-state index contributed by atoms with van der Waals surface area (Å²) in [6.07, 6.45) is -1.42.